The fourth-order valence-electron chi connectivity index (χ4n) is 4.02. The van der Waals surface area contributed by atoms with Crippen molar-refractivity contribution in [2.75, 3.05) is 53.7 Å². The van der Waals surface area contributed by atoms with Crippen molar-refractivity contribution in [2.24, 2.45) is 0 Å². The van der Waals surface area contributed by atoms with Gasteiger partial charge in [-0.2, -0.15) is 4.31 Å². The van der Waals surface area contributed by atoms with Gasteiger partial charge in [-0.25, -0.2) is 8.42 Å². The van der Waals surface area contributed by atoms with Crippen LogP contribution < -0.4 is 14.2 Å². The van der Waals surface area contributed by atoms with E-state index in [1.54, 1.807) is 24.0 Å². The van der Waals surface area contributed by atoms with Crippen molar-refractivity contribution in [3.63, 3.8) is 0 Å². The van der Waals surface area contributed by atoms with E-state index in [2.05, 4.69) is 4.90 Å². The highest BCUT2D eigenvalue weighted by atomic mass is 32.2. The molecule has 33 heavy (non-hydrogen) atoms. The molecule has 2 aliphatic rings. The van der Waals surface area contributed by atoms with Gasteiger partial charge in [0.25, 0.3) is 0 Å². The number of methoxy groups -OCH3 is 1. The predicted molar refractivity (Wildman–Crippen MR) is 122 cm³/mol. The third kappa shape index (κ3) is 5.07. The third-order valence-corrected chi connectivity index (χ3v) is 7.80. The average Bonchev–Trinajstić information content (AvgIpc) is 3.27. The lowest BCUT2D eigenvalue weighted by atomic mass is 10.1. The Morgan fingerprint density at radius 2 is 1.79 bits per heavy atom. The van der Waals surface area contributed by atoms with Gasteiger partial charge in [0.15, 0.2) is 11.5 Å². The van der Waals surface area contributed by atoms with Gasteiger partial charge in [-0.15, -0.1) is 0 Å². The number of amides is 1. The van der Waals surface area contributed by atoms with Crippen LogP contribution in [0.2, 0.25) is 0 Å². The maximum Gasteiger partial charge on any atom is 0.243 e. The maximum atomic E-state index is 12.9. The van der Waals surface area contributed by atoms with Gasteiger partial charge in [0.05, 0.1) is 18.6 Å². The van der Waals surface area contributed by atoms with Gasteiger partial charge in [0.1, 0.15) is 5.75 Å². The lowest BCUT2D eigenvalue weighted by molar-refractivity contribution is -0.133. The number of carbonyl (C=O) groups is 1. The minimum atomic E-state index is -3.78. The Balaban J connectivity index is 1.30. The van der Waals surface area contributed by atoms with E-state index in [1.807, 2.05) is 18.2 Å². The zero-order chi connectivity index (χ0) is 23.6. The molecule has 0 radical (unpaired) electrons. The summed E-state index contributed by atoms with van der Waals surface area (Å²) in [5, 5.41) is 0. The number of piperazine rings is 1. The zero-order valence-corrected chi connectivity index (χ0v) is 19.9. The monoisotopic (exact) mass is 475 g/mol. The summed E-state index contributed by atoms with van der Waals surface area (Å²) in [6.07, 6.45) is 0. The number of likely N-dealkylation sites (N-methyl/N-ethyl adjacent to an activating group) is 1. The fraction of sp³-hybridized carbons (Fsp3) is 0.435. The van der Waals surface area contributed by atoms with Gasteiger partial charge in [0.2, 0.25) is 22.7 Å². The van der Waals surface area contributed by atoms with E-state index in [1.165, 1.54) is 20.2 Å². The second-order valence-electron chi connectivity index (χ2n) is 8.24. The van der Waals surface area contributed by atoms with Crippen LogP contribution in [0.25, 0.3) is 0 Å². The summed E-state index contributed by atoms with van der Waals surface area (Å²) < 4.78 is 42.9. The molecule has 0 bridgehead atoms. The van der Waals surface area contributed by atoms with Crippen LogP contribution in [0.1, 0.15) is 11.1 Å². The van der Waals surface area contributed by atoms with Gasteiger partial charge >= 0.3 is 0 Å². The van der Waals surface area contributed by atoms with Crippen LogP contribution in [0, 0.1) is 6.92 Å². The highest BCUT2D eigenvalue weighted by molar-refractivity contribution is 7.89. The number of hydrogen-bond donors (Lipinski definition) is 0. The molecule has 0 N–H and O–H groups in total. The number of fused-ring (bicyclic) bond motifs is 1. The van der Waals surface area contributed by atoms with Crippen LogP contribution >= 0.6 is 0 Å². The van der Waals surface area contributed by atoms with Crippen LogP contribution in [0.4, 0.5) is 0 Å². The van der Waals surface area contributed by atoms with Crippen LogP contribution in [0.3, 0.4) is 0 Å². The first-order valence-electron chi connectivity index (χ1n) is 10.8. The van der Waals surface area contributed by atoms with E-state index in [4.69, 9.17) is 14.2 Å². The Morgan fingerprint density at radius 3 is 2.48 bits per heavy atom. The molecule has 0 spiro atoms. The van der Waals surface area contributed by atoms with Crippen molar-refractivity contribution < 1.29 is 27.4 Å². The molecule has 0 aromatic heterocycles. The second kappa shape index (κ2) is 9.58. The Morgan fingerprint density at radius 1 is 1.06 bits per heavy atom. The average molecular weight is 476 g/mol. The maximum absolute atomic E-state index is 12.9. The summed E-state index contributed by atoms with van der Waals surface area (Å²) in [7, 11) is -0.808. The largest absolute Gasteiger partial charge is 0.496 e. The van der Waals surface area contributed by atoms with E-state index >= 15 is 0 Å². The van der Waals surface area contributed by atoms with Crippen LogP contribution in [0.5, 0.6) is 17.2 Å². The summed E-state index contributed by atoms with van der Waals surface area (Å²) in [5.74, 6) is 1.94. The number of sulfonamides is 1. The fourth-order valence-corrected chi connectivity index (χ4v) is 5.23. The van der Waals surface area contributed by atoms with Crippen molar-refractivity contribution in [3.8, 4) is 17.2 Å². The van der Waals surface area contributed by atoms with E-state index in [0.29, 0.717) is 31.9 Å². The molecule has 1 saturated heterocycles. The molecule has 10 heteroatoms. The van der Waals surface area contributed by atoms with E-state index < -0.39 is 10.0 Å². The van der Waals surface area contributed by atoms with Crippen molar-refractivity contribution in [1.82, 2.24) is 14.1 Å². The van der Waals surface area contributed by atoms with Gasteiger partial charge in [-0.1, -0.05) is 6.07 Å². The minimum Gasteiger partial charge on any atom is -0.496 e. The molecular weight excluding hydrogens is 446 g/mol. The molecule has 2 aliphatic heterocycles. The third-order valence-electron chi connectivity index (χ3n) is 6.00. The molecule has 0 saturated carbocycles. The topological polar surface area (TPSA) is 88.6 Å². The van der Waals surface area contributed by atoms with E-state index in [9.17, 15) is 13.2 Å². The lowest BCUT2D eigenvalue weighted by Gasteiger charge is -2.35. The summed E-state index contributed by atoms with van der Waals surface area (Å²) >= 11 is 0. The summed E-state index contributed by atoms with van der Waals surface area (Å²) in [6.45, 7) is 5.13. The van der Waals surface area contributed by atoms with E-state index in [-0.39, 0.29) is 24.1 Å². The summed E-state index contributed by atoms with van der Waals surface area (Å²) in [4.78, 5) is 16.9. The molecule has 9 nitrogen and oxygen atoms in total. The van der Waals surface area contributed by atoms with Gasteiger partial charge in [-0.05, 0) is 48.4 Å². The highest BCUT2D eigenvalue weighted by Gasteiger charge is 2.28. The number of hydrogen-bond acceptors (Lipinski definition) is 7. The SMILES string of the molecule is COc1ccc(S(=O)(=O)N(C)CC(=O)N2CCN(Cc3ccc4c(c3)OCO4)CC2)cc1C. The molecule has 1 amide bonds. The Hall–Kier alpha value is -2.82. The van der Waals surface area contributed by atoms with Crippen molar-refractivity contribution in [2.45, 2.75) is 18.4 Å². The van der Waals surface area contributed by atoms with Crippen LogP contribution in [0.15, 0.2) is 41.3 Å². The Bertz CT molecular complexity index is 1130. The normalized spacial score (nSPS) is 16.3. The number of benzene rings is 2. The van der Waals surface area contributed by atoms with Gasteiger partial charge in [0, 0.05) is 39.8 Å². The molecule has 2 heterocycles. The molecule has 0 unspecified atom stereocenters. The quantitative estimate of drug-likeness (QED) is 0.602. The number of ether oxygens (including phenoxy) is 3. The molecule has 178 valence electrons. The van der Waals surface area contributed by atoms with Crippen LogP contribution in [-0.2, 0) is 21.4 Å². The molecule has 2 aromatic rings. The molecule has 0 aliphatic carbocycles. The smallest absolute Gasteiger partial charge is 0.243 e. The van der Waals surface area contributed by atoms with Gasteiger partial charge < -0.3 is 19.1 Å². The summed E-state index contributed by atoms with van der Waals surface area (Å²) in [6, 6.07) is 10.6. The Kier molecular flexibility index (Phi) is 6.78. The molecule has 2 aromatic carbocycles. The van der Waals surface area contributed by atoms with Gasteiger partial charge in [-0.3, -0.25) is 9.69 Å². The Labute approximate surface area is 194 Å². The minimum absolute atomic E-state index is 0.143. The standard InChI is InChI=1S/C23H29N3O6S/c1-17-12-19(5-7-20(17)30-3)33(28,29)24(2)15-23(27)26-10-8-25(9-11-26)14-18-4-6-21-22(13-18)32-16-31-21/h4-7,12-13H,8-11,14-16H2,1-3H3. The molecule has 1 fully saturated rings. The predicted octanol–water partition coefficient (Wildman–Crippen LogP) is 1.70. The number of carbonyl (C=O) groups excluding carboxylic acids is 1. The molecule has 0 atom stereocenters. The first kappa shape index (κ1) is 23.3. The number of rotatable bonds is 7. The number of nitrogens with zero attached hydrogens (tertiary/aromatic N) is 3. The number of aryl methyl sites for hydroxylation is 1. The van der Waals surface area contributed by atoms with Crippen LogP contribution in [-0.4, -0.2) is 82.1 Å². The lowest BCUT2D eigenvalue weighted by Crippen LogP contribution is -2.51. The first-order valence-corrected chi connectivity index (χ1v) is 12.2. The summed E-state index contributed by atoms with van der Waals surface area (Å²) in [5.41, 5.74) is 1.84. The highest BCUT2D eigenvalue weighted by Crippen LogP contribution is 2.33. The zero-order valence-electron chi connectivity index (χ0n) is 19.1. The molecular formula is C23H29N3O6S. The van der Waals surface area contributed by atoms with E-state index in [0.717, 1.165) is 33.5 Å². The molecule has 4 rings (SSSR count). The van der Waals surface area contributed by atoms with Crippen molar-refractivity contribution >= 4 is 15.9 Å². The van der Waals surface area contributed by atoms with Crippen molar-refractivity contribution in [1.29, 1.82) is 0 Å². The first-order chi connectivity index (χ1) is 15.8. The van der Waals surface area contributed by atoms with Crippen molar-refractivity contribution in [3.05, 3.63) is 47.5 Å². The second-order valence-corrected chi connectivity index (χ2v) is 10.3.